The van der Waals surface area contributed by atoms with E-state index in [9.17, 15) is 9.59 Å². The van der Waals surface area contributed by atoms with E-state index >= 15 is 0 Å². The van der Waals surface area contributed by atoms with Gasteiger partial charge in [0, 0.05) is 43.1 Å². The van der Waals surface area contributed by atoms with Crippen molar-refractivity contribution in [1.82, 2.24) is 20.8 Å². The molecule has 0 saturated carbocycles. The first-order chi connectivity index (χ1) is 13.0. The Labute approximate surface area is 170 Å². The first-order valence-electron chi connectivity index (χ1n) is 8.13. The maximum atomic E-state index is 12.5. The van der Waals surface area contributed by atoms with Crippen LogP contribution in [0.5, 0.6) is 0 Å². The Morgan fingerprint density at radius 3 is 2.48 bits per heavy atom. The number of hydrogen-bond acceptors (Lipinski definition) is 2. The average molecular weight is 490 g/mol. The summed E-state index contributed by atoms with van der Waals surface area (Å²) in [5.74, 6) is -0.681. The van der Waals surface area contributed by atoms with Gasteiger partial charge in [-0.15, -0.1) is 0 Å². The number of benzene rings is 2. The second-order valence-electron chi connectivity index (χ2n) is 6.05. The van der Waals surface area contributed by atoms with Crippen molar-refractivity contribution in [3.63, 3.8) is 0 Å². The largest absolute Gasteiger partial charge is 0.361 e. The van der Waals surface area contributed by atoms with Crippen molar-refractivity contribution in [1.29, 1.82) is 0 Å². The Bertz CT molecular complexity index is 1180. The molecular formula is C19H14Br2N4O2. The summed E-state index contributed by atoms with van der Waals surface area (Å²) in [5.41, 5.74) is 8.07. The van der Waals surface area contributed by atoms with Gasteiger partial charge in [0.1, 0.15) is 0 Å². The first kappa shape index (κ1) is 17.8. The van der Waals surface area contributed by atoms with E-state index in [-0.39, 0.29) is 18.2 Å². The highest BCUT2D eigenvalue weighted by atomic mass is 79.9. The lowest BCUT2D eigenvalue weighted by molar-refractivity contribution is -0.121. The number of hydrogen-bond donors (Lipinski definition) is 4. The van der Waals surface area contributed by atoms with Gasteiger partial charge in [0.2, 0.25) is 5.91 Å². The molecule has 0 atom stereocenters. The molecule has 27 heavy (non-hydrogen) atoms. The molecule has 0 saturated heterocycles. The first-order valence-corrected chi connectivity index (χ1v) is 9.72. The van der Waals surface area contributed by atoms with Crippen LogP contribution in [0.1, 0.15) is 15.9 Å². The Balaban J connectivity index is 1.45. The summed E-state index contributed by atoms with van der Waals surface area (Å²) < 4.78 is 1.72. The van der Waals surface area contributed by atoms with Crippen LogP contribution in [-0.2, 0) is 11.2 Å². The second kappa shape index (κ2) is 7.21. The molecule has 4 N–H and O–H groups in total. The molecule has 136 valence electrons. The van der Waals surface area contributed by atoms with E-state index in [1.165, 1.54) is 0 Å². The summed E-state index contributed by atoms with van der Waals surface area (Å²) in [6.07, 6.45) is 3.59. The summed E-state index contributed by atoms with van der Waals surface area (Å²) in [7, 11) is 0. The van der Waals surface area contributed by atoms with Crippen LogP contribution >= 0.6 is 31.9 Å². The molecule has 0 aliphatic carbocycles. The molecule has 4 aromatic rings. The predicted molar refractivity (Wildman–Crippen MR) is 111 cm³/mol. The minimum Gasteiger partial charge on any atom is -0.361 e. The smallest absolute Gasteiger partial charge is 0.271 e. The lowest BCUT2D eigenvalue weighted by Crippen LogP contribution is -2.42. The molecule has 2 heterocycles. The topological polar surface area (TPSA) is 89.8 Å². The third-order valence-corrected chi connectivity index (χ3v) is 6.15. The maximum absolute atomic E-state index is 12.5. The average Bonchev–Trinajstić information content (AvgIpc) is 3.25. The highest BCUT2D eigenvalue weighted by Gasteiger charge is 2.15. The molecule has 0 aliphatic heterocycles. The van der Waals surface area contributed by atoms with Crippen molar-refractivity contribution in [2.75, 3.05) is 0 Å². The van der Waals surface area contributed by atoms with Gasteiger partial charge in [-0.1, -0.05) is 18.2 Å². The summed E-state index contributed by atoms with van der Waals surface area (Å²) in [6, 6.07) is 11.5. The van der Waals surface area contributed by atoms with Gasteiger partial charge in [-0.3, -0.25) is 20.4 Å². The van der Waals surface area contributed by atoms with Gasteiger partial charge in [-0.2, -0.15) is 0 Å². The molecule has 2 amide bonds. The van der Waals surface area contributed by atoms with Crippen LogP contribution in [0.25, 0.3) is 21.8 Å². The number of rotatable bonds is 3. The van der Waals surface area contributed by atoms with Gasteiger partial charge < -0.3 is 9.97 Å². The summed E-state index contributed by atoms with van der Waals surface area (Å²) in [4.78, 5) is 30.9. The molecule has 8 heteroatoms. The van der Waals surface area contributed by atoms with Crippen molar-refractivity contribution < 1.29 is 9.59 Å². The monoisotopic (exact) mass is 488 g/mol. The number of hydrazine groups is 1. The highest BCUT2D eigenvalue weighted by molar-refractivity contribution is 9.13. The molecule has 0 fully saturated rings. The third-order valence-electron chi connectivity index (χ3n) is 4.31. The van der Waals surface area contributed by atoms with Gasteiger partial charge in [-0.25, -0.2) is 0 Å². The van der Waals surface area contributed by atoms with Gasteiger partial charge in [-0.05, 0) is 55.6 Å². The zero-order chi connectivity index (χ0) is 19.0. The van der Waals surface area contributed by atoms with Crippen LogP contribution in [0.2, 0.25) is 0 Å². The molecule has 2 aromatic carbocycles. The van der Waals surface area contributed by atoms with E-state index in [4.69, 9.17) is 0 Å². The van der Waals surface area contributed by atoms with E-state index in [1.807, 2.05) is 36.4 Å². The van der Waals surface area contributed by atoms with Crippen molar-refractivity contribution in [2.24, 2.45) is 0 Å². The van der Waals surface area contributed by atoms with Crippen LogP contribution in [0.4, 0.5) is 0 Å². The molecule has 0 radical (unpaired) electrons. The fraction of sp³-hybridized carbons (Fsp3) is 0.0526. The normalized spacial score (nSPS) is 11.0. The zero-order valence-electron chi connectivity index (χ0n) is 13.9. The summed E-state index contributed by atoms with van der Waals surface area (Å²) in [5, 5.41) is 1.75. The number of para-hydroxylation sites is 1. The molecule has 2 aromatic heterocycles. The number of amides is 2. The number of carbonyl (C=O) groups is 2. The van der Waals surface area contributed by atoms with Gasteiger partial charge >= 0.3 is 0 Å². The maximum Gasteiger partial charge on any atom is 0.271 e. The summed E-state index contributed by atoms with van der Waals surface area (Å²) in [6.45, 7) is 0. The van der Waals surface area contributed by atoms with Gasteiger partial charge in [0.15, 0.2) is 0 Å². The van der Waals surface area contributed by atoms with Crippen molar-refractivity contribution in [2.45, 2.75) is 6.42 Å². The van der Waals surface area contributed by atoms with Crippen molar-refractivity contribution >= 4 is 65.5 Å². The van der Waals surface area contributed by atoms with Gasteiger partial charge in [0.25, 0.3) is 5.91 Å². The Kier molecular flexibility index (Phi) is 4.75. The number of carbonyl (C=O) groups excluding carboxylic acids is 2. The van der Waals surface area contributed by atoms with E-state index in [0.717, 1.165) is 36.3 Å². The lowest BCUT2D eigenvalue weighted by Gasteiger charge is -2.07. The fourth-order valence-electron chi connectivity index (χ4n) is 2.99. The zero-order valence-corrected chi connectivity index (χ0v) is 17.1. The number of nitrogens with one attached hydrogen (secondary N) is 4. The van der Waals surface area contributed by atoms with Crippen molar-refractivity contribution in [3.05, 3.63) is 68.9 Å². The fourth-order valence-corrected chi connectivity index (χ4v) is 3.68. The van der Waals surface area contributed by atoms with Crippen LogP contribution in [0.3, 0.4) is 0 Å². The minimum atomic E-state index is -0.386. The summed E-state index contributed by atoms with van der Waals surface area (Å²) >= 11 is 6.87. The molecule has 0 unspecified atom stereocenters. The van der Waals surface area contributed by atoms with E-state index in [0.29, 0.717) is 5.56 Å². The molecule has 6 nitrogen and oxygen atoms in total. The molecule has 0 spiro atoms. The Hall–Kier alpha value is -2.58. The Morgan fingerprint density at radius 2 is 1.63 bits per heavy atom. The molecular weight excluding hydrogens is 476 g/mol. The van der Waals surface area contributed by atoms with E-state index in [1.54, 1.807) is 12.4 Å². The number of aromatic nitrogens is 2. The number of fused-ring (bicyclic) bond motifs is 2. The second-order valence-corrected chi connectivity index (χ2v) is 7.76. The van der Waals surface area contributed by atoms with Crippen molar-refractivity contribution in [3.8, 4) is 0 Å². The minimum absolute atomic E-state index is 0.163. The number of aromatic amines is 2. The number of H-pyrrole nitrogens is 2. The van der Waals surface area contributed by atoms with Crippen LogP contribution in [0, 0.1) is 0 Å². The lowest BCUT2D eigenvalue weighted by atomic mass is 10.1. The van der Waals surface area contributed by atoms with E-state index < -0.39 is 0 Å². The van der Waals surface area contributed by atoms with Crippen LogP contribution in [0.15, 0.2) is 57.7 Å². The predicted octanol–water partition coefficient (Wildman–Crippen LogP) is 4.18. The van der Waals surface area contributed by atoms with Crippen LogP contribution in [-0.4, -0.2) is 21.8 Å². The highest BCUT2D eigenvalue weighted by Crippen LogP contribution is 2.30. The third kappa shape index (κ3) is 3.50. The van der Waals surface area contributed by atoms with Gasteiger partial charge in [0.05, 0.1) is 12.0 Å². The quantitative estimate of drug-likeness (QED) is 0.325. The Morgan fingerprint density at radius 1 is 0.889 bits per heavy atom. The SMILES string of the molecule is O=C(Cc1c[nH]c2ccccc12)NNC(=O)c1c[nH]c2cc(Br)c(Br)cc12. The molecule has 0 bridgehead atoms. The number of halogens is 2. The molecule has 0 aliphatic rings. The molecule has 4 rings (SSSR count). The van der Waals surface area contributed by atoms with Crippen LogP contribution < -0.4 is 10.9 Å². The van der Waals surface area contributed by atoms with E-state index in [2.05, 4.69) is 52.7 Å². The standard InChI is InChI=1S/C19H14Br2N4O2/c20-14-6-12-13(9-23-17(12)7-15(14)21)19(27)25-24-18(26)5-10-8-22-16-4-2-1-3-11(10)16/h1-4,6-9,22-23H,5H2,(H,24,26)(H,25,27).